The Kier molecular flexibility index (Phi) is 5.89. The average molecular weight is 260 g/mol. The monoisotopic (exact) mass is 259 g/mol. The van der Waals surface area contributed by atoms with Crippen LogP contribution in [0.4, 0.5) is 4.39 Å². The Balaban J connectivity index is 2.50. The third-order valence-electron chi connectivity index (χ3n) is 2.86. The predicted octanol–water partition coefficient (Wildman–Crippen LogP) is 3.16. The van der Waals surface area contributed by atoms with E-state index in [0.29, 0.717) is 6.42 Å². The van der Waals surface area contributed by atoms with E-state index in [1.807, 2.05) is 13.0 Å². The largest absolute Gasteiger partial charge is 0.382 e. The molecule has 2 nitrogen and oxygen atoms in total. The van der Waals surface area contributed by atoms with Gasteiger partial charge in [-0.2, -0.15) is 0 Å². The van der Waals surface area contributed by atoms with Gasteiger partial charge in [-0.15, -0.1) is 0 Å². The lowest BCUT2D eigenvalue weighted by Crippen LogP contribution is -2.24. The van der Waals surface area contributed by atoms with Crippen LogP contribution in [0, 0.1) is 5.82 Å². The van der Waals surface area contributed by atoms with Gasteiger partial charge < -0.3 is 10.5 Å². The van der Waals surface area contributed by atoms with Crippen LogP contribution in [0.3, 0.4) is 0 Å². The van der Waals surface area contributed by atoms with Crippen molar-refractivity contribution in [2.75, 3.05) is 7.11 Å². The van der Waals surface area contributed by atoms with Crippen LogP contribution in [0.15, 0.2) is 18.2 Å². The molecule has 0 saturated carbocycles. The highest BCUT2D eigenvalue weighted by molar-refractivity contribution is 6.31. The lowest BCUT2D eigenvalue weighted by Gasteiger charge is -2.15. The SMILES string of the molecule is COC(C)CCC(N)Cc1cccc(F)c1Cl. The predicted molar refractivity (Wildman–Crippen MR) is 68.8 cm³/mol. The number of benzene rings is 1. The molecule has 4 heteroatoms. The average Bonchev–Trinajstić information content (AvgIpc) is 2.32. The van der Waals surface area contributed by atoms with Crippen LogP contribution in [-0.4, -0.2) is 19.3 Å². The highest BCUT2D eigenvalue weighted by Gasteiger charge is 2.11. The van der Waals surface area contributed by atoms with Crippen LogP contribution in [0.5, 0.6) is 0 Å². The summed E-state index contributed by atoms with van der Waals surface area (Å²) >= 11 is 5.87. The number of hydrogen-bond donors (Lipinski definition) is 1. The Morgan fingerprint density at radius 2 is 2.12 bits per heavy atom. The summed E-state index contributed by atoms with van der Waals surface area (Å²) in [5, 5.41) is 0.183. The van der Waals surface area contributed by atoms with Crippen LogP contribution >= 0.6 is 11.6 Å². The number of hydrogen-bond acceptors (Lipinski definition) is 2. The van der Waals surface area contributed by atoms with E-state index in [-0.39, 0.29) is 23.0 Å². The summed E-state index contributed by atoms with van der Waals surface area (Å²) in [6, 6.07) is 4.79. The van der Waals surface area contributed by atoms with Crippen molar-refractivity contribution in [1.29, 1.82) is 0 Å². The first-order chi connectivity index (χ1) is 8.04. The van der Waals surface area contributed by atoms with Gasteiger partial charge in [-0.1, -0.05) is 23.7 Å². The molecule has 2 atom stereocenters. The molecule has 17 heavy (non-hydrogen) atoms. The first-order valence-electron chi connectivity index (χ1n) is 5.75. The second-order valence-corrected chi connectivity index (χ2v) is 4.68. The third kappa shape index (κ3) is 4.62. The lowest BCUT2D eigenvalue weighted by molar-refractivity contribution is 0.107. The summed E-state index contributed by atoms with van der Waals surface area (Å²) in [5.74, 6) is -0.387. The van der Waals surface area contributed by atoms with Crippen molar-refractivity contribution in [2.45, 2.75) is 38.3 Å². The molecule has 0 heterocycles. The van der Waals surface area contributed by atoms with Crippen molar-refractivity contribution in [3.63, 3.8) is 0 Å². The fourth-order valence-corrected chi connectivity index (χ4v) is 1.86. The highest BCUT2D eigenvalue weighted by Crippen LogP contribution is 2.21. The smallest absolute Gasteiger partial charge is 0.142 e. The van der Waals surface area contributed by atoms with Crippen molar-refractivity contribution in [1.82, 2.24) is 0 Å². The van der Waals surface area contributed by atoms with Crippen molar-refractivity contribution >= 4 is 11.6 Å². The van der Waals surface area contributed by atoms with Gasteiger partial charge in [-0.05, 0) is 37.8 Å². The van der Waals surface area contributed by atoms with Gasteiger partial charge in [0, 0.05) is 13.2 Å². The Labute approximate surface area is 107 Å². The minimum Gasteiger partial charge on any atom is -0.382 e. The van der Waals surface area contributed by atoms with Gasteiger partial charge >= 0.3 is 0 Å². The van der Waals surface area contributed by atoms with Crippen LogP contribution in [0.1, 0.15) is 25.3 Å². The van der Waals surface area contributed by atoms with Crippen LogP contribution in [0.25, 0.3) is 0 Å². The molecule has 1 aromatic rings. The van der Waals surface area contributed by atoms with Gasteiger partial charge in [0.15, 0.2) is 0 Å². The minimum absolute atomic E-state index is 0.0214. The van der Waals surface area contributed by atoms with Gasteiger partial charge in [0.05, 0.1) is 11.1 Å². The zero-order valence-corrected chi connectivity index (χ0v) is 11.0. The fraction of sp³-hybridized carbons (Fsp3) is 0.538. The first-order valence-corrected chi connectivity index (χ1v) is 6.13. The van der Waals surface area contributed by atoms with E-state index >= 15 is 0 Å². The number of methoxy groups -OCH3 is 1. The molecule has 0 amide bonds. The molecule has 96 valence electrons. The Morgan fingerprint density at radius 3 is 2.76 bits per heavy atom. The molecule has 0 spiro atoms. The second-order valence-electron chi connectivity index (χ2n) is 4.30. The molecular formula is C13H19ClFNO. The van der Waals surface area contributed by atoms with E-state index in [4.69, 9.17) is 22.1 Å². The summed E-state index contributed by atoms with van der Waals surface area (Å²) < 4.78 is 18.4. The molecule has 1 rings (SSSR count). The van der Waals surface area contributed by atoms with E-state index < -0.39 is 0 Å². The number of rotatable bonds is 6. The standard InChI is InChI=1S/C13H19ClFNO/c1-9(17-2)6-7-11(16)8-10-4-3-5-12(15)13(10)14/h3-5,9,11H,6-8,16H2,1-2H3. The summed E-state index contributed by atoms with van der Waals surface area (Å²) in [4.78, 5) is 0. The maximum absolute atomic E-state index is 13.2. The van der Waals surface area contributed by atoms with Crippen molar-refractivity contribution in [3.05, 3.63) is 34.6 Å². The van der Waals surface area contributed by atoms with E-state index in [9.17, 15) is 4.39 Å². The molecule has 0 aliphatic rings. The Bertz CT molecular complexity index is 359. The van der Waals surface area contributed by atoms with Gasteiger partial charge in [0.1, 0.15) is 5.82 Å². The number of nitrogens with two attached hydrogens (primary N) is 1. The quantitative estimate of drug-likeness (QED) is 0.852. The van der Waals surface area contributed by atoms with E-state index in [0.717, 1.165) is 18.4 Å². The fourth-order valence-electron chi connectivity index (χ4n) is 1.66. The first kappa shape index (κ1) is 14.4. The zero-order chi connectivity index (χ0) is 12.8. The van der Waals surface area contributed by atoms with Crippen LogP contribution < -0.4 is 5.73 Å². The number of halogens is 2. The molecular weight excluding hydrogens is 241 g/mol. The van der Waals surface area contributed by atoms with Gasteiger partial charge in [-0.3, -0.25) is 0 Å². The number of ether oxygens (including phenoxy) is 1. The van der Waals surface area contributed by atoms with Gasteiger partial charge in [0.25, 0.3) is 0 Å². The summed E-state index contributed by atoms with van der Waals surface area (Å²) in [6.45, 7) is 2.00. The second kappa shape index (κ2) is 6.94. The van der Waals surface area contributed by atoms with Crippen molar-refractivity contribution in [2.24, 2.45) is 5.73 Å². The Morgan fingerprint density at radius 1 is 1.41 bits per heavy atom. The van der Waals surface area contributed by atoms with Crippen LogP contribution in [0.2, 0.25) is 5.02 Å². The molecule has 0 fully saturated rings. The molecule has 0 aliphatic carbocycles. The van der Waals surface area contributed by atoms with Crippen LogP contribution in [-0.2, 0) is 11.2 Å². The van der Waals surface area contributed by atoms with Gasteiger partial charge in [0.2, 0.25) is 0 Å². The summed E-state index contributed by atoms with van der Waals surface area (Å²) in [7, 11) is 1.68. The van der Waals surface area contributed by atoms with E-state index in [1.165, 1.54) is 6.07 Å². The maximum atomic E-state index is 13.2. The van der Waals surface area contributed by atoms with Crippen molar-refractivity contribution < 1.29 is 9.13 Å². The lowest BCUT2D eigenvalue weighted by atomic mass is 10.0. The third-order valence-corrected chi connectivity index (χ3v) is 3.28. The molecule has 0 aromatic heterocycles. The molecule has 1 aromatic carbocycles. The van der Waals surface area contributed by atoms with Gasteiger partial charge in [-0.25, -0.2) is 4.39 Å². The highest BCUT2D eigenvalue weighted by atomic mass is 35.5. The maximum Gasteiger partial charge on any atom is 0.142 e. The molecule has 2 unspecified atom stereocenters. The molecule has 0 bridgehead atoms. The molecule has 2 N–H and O–H groups in total. The van der Waals surface area contributed by atoms with E-state index in [2.05, 4.69) is 0 Å². The summed E-state index contributed by atoms with van der Waals surface area (Å²) in [5.41, 5.74) is 6.76. The van der Waals surface area contributed by atoms with E-state index in [1.54, 1.807) is 13.2 Å². The normalized spacial score (nSPS) is 14.6. The Hall–Kier alpha value is -0.640. The summed E-state index contributed by atoms with van der Waals surface area (Å²) in [6.07, 6.45) is 2.52. The van der Waals surface area contributed by atoms with Crippen molar-refractivity contribution in [3.8, 4) is 0 Å². The zero-order valence-electron chi connectivity index (χ0n) is 10.2. The topological polar surface area (TPSA) is 35.2 Å². The molecule has 0 saturated heterocycles. The molecule has 0 radical (unpaired) electrons. The molecule has 0 aliphatic heterocycles. The minimum atomic E-state index is -0.387.